The Morgan fingerprint density at radius 3 is 2.46 bits per heavy atom. The van der Waals surface area contributed by atoms with Gasteiger partial charge in [-0.05, 0) is 31.4 Å². The van der Waals surface area contributed by atoms with E-state index in [-0.39, 0.29) is 0 Å². The molecule has 0 fully saturated rings. The van der Waals surface area contributed by atoms with Crippen molar-refractivity contribution in [1.29, 1.82) is 0 Å². The van der Waals surface area contributed by atoms with Crippen LogP contribution in [0.2, 0.25) is 0 Å². The van der Waals surface area contributed by atoms with E-state index in [0.29, 0.717) is 5.75 Å². The monoisotopic (exact) mass is 348 g/mol. The zero-order valence-electron chi connectivity index (χ0n) is 14.7. The number of aromatic nitrogens is 1. The Labute approximate surface area is 147 Å². The van der Waals surface area contributed by atoms with Crippen LogP contribution in [-0.2, 0) is 19.4 Å². The molecule has 0 atom stereocenters. The fourth-order valence-corrected chi connectivity index (χ4v) is 3.90. The number of thiazole rings is 1. The van der Waals surface area contributed by atoms with Crippen molar-refractivity contribution in [2.24, 2.45) is 0 Å². The lowest BCUT2D eigenvalue weighted by atomic mass is 10.0. The highest BCUT2D eigenvalue weighted by Gasteiger charge is 2.24. The van der Waals surface area contributed by atoms with Crippen LogP contribution in [0, 0.1) is 6.92 Å². The van der Waals surface area contributed by atoms with E-state index in [9.17, 15) is 0 Å². The molecule has 2 aromatic rings. The van der Waals surface area contributed by atoms with Crippen molar-refractivity contribution in [2.45, 2.75) is 26.3 Å². The number of benzene rings is 1. The maximum Gasteiger partial charge on any atom is 0.203 e. The highest BCUT2D eigenvalue weighted by Crippen LogP contribution is 2.43. The molecule has 0 N–H and O–H groups in total. The van der Waals surface area contributed by atoms with Gasteiger partial charge < -0.3 is 14.2 Å². The summed E-state index contributed by atoms with van der Waals surface area (Å²) < 4.78 is 16.7. The molecule has 0 unspecified atom stereocenters. The molecule has 0 saturated heterocycles. The first-order valence-corrected chi connectivity index (χ1v) is 8.98. The van der Waals surface area contributed by atoms with Gasteiger partial charge >= 0.3 is 0 Å². The Bertz CT molecular complexity index is 715. The first-order valence-electron chi connectivity index (χ1n) is 8.10. The largest absolute Gasteiger partial charge is 0.493 e. The summed E-state index contributed by atoms with van der Waals surface area (Å²) >= 11 is 1.71. The van der Waals surface area contributed by atoms with Crippen LogP contribution in [0.5, 0.6) is 17.2 Å². The molecule has 24 heavy (non-hydrogen) atoms. The summed E-state index contributed by atoms with van der Waals surface area (Å²) in [7, 11) is 5.01. The van der Waals surface area contributed by atoms with Crippen LogP contribution < -0.4 is 14.2 Å². The average molecular weight is 348 g/mol. The molecule has 0 amide bonds. The van der Waals surface area contributed by atoms with Crippen LogP contribution in [0.1, 0.15) is 21.8 Å². The van der Waals surface area contributed by atoms with Gasteiger partial charge in [0.2, 0.25) is 5.75 Å². The molecule has 0 radical (unpaired) electrons. The first-order chi connectivity index (χ1) is 11.7. The van der Waals surface area contributed by atoms with E-state index in [2.05, 4.69) is 28.3 Å². The van der Waals surface area contributed by atoms with Crippen LogP contribution in [0.25, 0.3) is 0 Å². The third-order valence-corrected chi connectivity index (χ3v) is 5.28. The minimum absolute atomic E-state index is 0.683. The van der Waals surface area contributed by atoms with Crippen LogP contribution in [0.4, 0.5) is 0 Å². The molecule has 130 valence electrons. The molecule has 2 heterocycles. The van der Waals surface area contributed by atoms with Crippen molar-refractivity contribution >= 4 is 11.3 Å². The minimum Gasteiger partial charge on any atom is -0.493 e. The Morgan fingerprint density at radius 2 is 1.83 bits per heavy atom. The van der Waals surface area contributed by atoms with E-state index < -0.39 is 0 Å². The Hall–Kier alpha value is -1.79. The molecular weight excluding hydrogens is 324 g/mol. The molecule has 0 spiro atoms. The van der Waals surface area contributed by atoms with E-state index in [0.717, 1.165) is 54.7 Å². The molecule has 0 bridgehead atoms. The van der Waals surface area contributed by atoms with Crippen LogP contribution >= 0.6 is 11.3 Å². The standard InChI is InChI=1S/C18H24N2O3S/c1-12-19-14(11-24-12)10-20-7-5-13-9-16(21-2)18(23-4)17(22-3)15(13)6-8-20/h9,11H,5-8,10H2,1-4H3. The third kappa shape index (κ3) is 3.35. The minimum atomic E-state index is 0.683. The first kappa shape index (κ1) is 17.0. The summed E-state index contributed by atoms with van der Waals surface area (Å²) in [5.41, 5.74) is 3.67. The normalized spacial score (nSPS) is 14.8. The zero-order valence-corrected chi connectivity index (χ0v) is 15.5. The zero-order chi connectivity index (χ0) is 17.1. The summed E-state index contributed by atoms with van der Waals surface area (Å²) in [6, 6.07) is 2.09. The number of hydrogen-bond acceptors (Lipinski definition) is 6. The van der Waals surface area contributed by atoms with Crippen molar-refractivity contribution in [3.8, 4) is 17.2 Å². The van der Waals surface area contributed by atoms with Crippen molar-refractivity contribution < 1.29 is 14.2 Å². The van der Waals surface area contributed by atoms with Gasteiger partial charge in [0.1, 0.15) is 0 Å². The maximum atomic E-state index is 5.66. The predicted octanol–water partition coefficient (Wildman–Crippen LogP) is 3.08. The van der Waals surface area contributed by atoms with Crippen molar-refractivity contribution in [3.63, 3.8) is 0 Å². The summed E-state index contributed by atoms with van der Waals surface area (Å²) in [5.74, 6) is 2.22. The number of nitrogens with zero attached hydrogens (tertiary/aromatic N) is 2. The highest BCUT2D eigenvalue weighted by atomic mass is 32.1. The van der Waals surface area contributed by atoms with Gasteiger partial charge in [0.25, 0.3) is 0 Å². The van der Waals surface area contributed by atoms with Gasteiger partial charge in [-0.15, -0.1) is 11.3 Å². The summed E-state index contributed by atoms with van der Waals surface area (Å²) in [5, 5.41) is 3.28. The lowest BCUT2D eigenvalue weighted by molar-refractivity contribution is 0.275. The lowest BCUT2D eigenvalue weighted by Gasteiger charge is -2.18. The quantitative estimate of drug-likeness (QED) is 0.831. The summed E-state index contributed by atoms with van der Waals surface area (Å²) in [4.78, 5) is 7.04. The van der Waals surface area contributed by atoms with Gasteiger partial charge in [-0.1, -0.05) is 0 Å². The Kier molecular flexibility index (Phi) is 5.26. The molecule has 6 heteroatoms. The molecular formula is C18H24N2O3S. The van der Waals surface area contributed by atoms with Crippen LogP contribution in [0.3, 0.4) is 0 Å². The smallest absolute Gasteiger partial charge is 0.203 e. The number of hydrogen-bond donors (Lipinski definition) is 0. The number of ether oxygens (including phenoxy) is 3. The summed E-state index contributed by atoms with van der Waals surface area (Å²) in [6.45, 7) is 4.93. The van der Waals surface area contributed by atoms with Gasteiger partial charge in [0, 0.05) is 30.6 Å². The third-order valence-electron chi connectivity index (χ3n) is 4.45. The van der Waals surface area contributed by atoms with Gasteiger partial charge in [-0.25, -0.2) is 4.98 Å². The van der Waals surface area contributed by atoms with Crippen molar-refractivity contribution in [2.75, 3.05) is 34.4 Å². The van der Waals surface area contributed by atoms with E-state index >= 15 is 0 Å². The van der Waals surface area contributed by atoms with E-state index in [4.69, 9.17) is 14.2 Å². The summed E-state index contributed by atoms with van der Waals surface area (Å²) in [6.07, 6.45) is 1.90. The Balaban J connectivity index is 1.84. The van der Waals surface area contributed by atoms with E-state index in [1.807, 2.05) is 0 Å². The second kappa shape index (κ2) is 7.40. The molecule has 3 rings (SSSR count). The molecule has 0 saturated carbocycles. The number of rotatable bonds is 5. The maximum absolute atomic E-state index is 5.66. The van der Waals surface area contributed by atoms with Crippen LogP contribution in [0.15, 0.2) is 11.4 Å². The highest BCUT2D eigenvalue weighted by molar-refractivity contribution is 7.09. The number of methoxy groups -OCH3 is 3. The molecule has 5 nitrogen and oxygen atoms in total. The lowest BCUT2D eigenvalue weighted by Crippen LogP contribution is -2.26. The Morgan fingerprint density at radius 1 is 1.08 bits per heavy atom. The van der Waals surface area contributed by atoms with Gasteiger partial charge in [0.15, 0.2) is 11.5 Å². The van der Waals surface area contributed by atoms with Crippen LogP contribution in [-0.4, -0.2) is 44.3 Å². The second-order valence-corrected chi connectivity index (χ2v) is 6.98. The molecule has 1 aliphatic heterocycles. The number of fused-ring (bicyclic) bond motifs is 1. The fraction of sp³-hybridized carbons (Fsp3) is 0.500. The van der Waals surface area contributed by atoms with E-state index in [1.54, 1.807) is 32.7 Å². The van der Waals surface area contributed by atoms with Crippen molar-refractivity contribution in [3.05, 3.63) is 33.3 Å². The fourth-order valence-electron chi connectivity index (χ4n) is 3.29. The molecule has 1 aliphatic rings. The molecule has 0 aliphatic carbocycles. The SMILES string of the molecule is COc1cc2c(c(OC)c1OC)CCN(Cc1csc(C)n1)CC2. The van der Waals surface area contributed by atoms with Gasteiger partial charge in [0.05, 0.1) is 32.0 Å². The topological polar surface area (TPSA) is 43.8 Å². The molecule has 1 aromatic carbocycles. The van der Waals surface area contributed by atoms with Gasteiger partial charge in [-0.3, -0.25) is 4.90 Å². The predicted molar refractivity (Wildman–Crippen MR) is 95.6 cm³/mol. The van der Waals surface area contributed by atoms with E-state index in [1.165, 1.54) is 11.1 Å². The average Bonchev–Trinajstić information content (AvgIpc) is 2.89. The van der Waals surface area contributed by atoms with Gasteiger partial charge in [-0.2, -0.15) is 0 Å². The number of aryl methyl sites for hydroxylation is 1. The van der Waals surface area contributed by atoms with Crippen molar-refractivity contribution in [1.82, 2.24) is 9.88 Å². The second-order valence-electron chi connectivity index (χ2n) is 5.92. The molecule has 1 aromatic heterocycles.